The molecule has 0 saturated carbocycles. The Bertz CT molecular complexity index is 404. The second-order valence-electron chi connectivity index (χ2n) is 3.69. The third kappa shape index (κ3) is 2.81. The molecule has 0 radical (unpaired) electrons. The third-order valence-electron chi connectivity index (χ3n) is 2.58. The molecule has 1 amide bonds. The van der Waals surface area contributed by atoms with Crippen LogP contribution >= 0.6 is 0 Å². The average Bonchev–Trinajstić information content (AvgIpc) is 2.59. The Balaban J connectivity index is 0.000000686. The minimum Gasteiger partial charge on any atom is -0.329 e. The fraction of sp³-hybridized carbons (Fsp3) is 0.462. The van der Waals surface area contributed by atoms with Crippen molar-refractivity contribution in [2.24, 2.45) is 0 Å². The first-order valence-electron chi connectivity index (χ1n) is 5.75. The molecule has 0 aromatic heterocycles. The SMILES string of the molecule is CC.Cc1cccc2c1C(=O)N(CC(F)F)C2. The van der Waals surface area contributed by atoms with Gasteiger partial charge in [0.25, 0.3) is 12.3 Å². The number of hydrogen-bond acceptors (Lipinski definition) is 1. The first kappa shape index (κ1) is 13.6. The standard InChI is InChI=1S/C11H11F2NO.C2H6/c1-7-3-2-4-8-5-14(6-9(12)13)11(15)10(7)8;1-2/h2-4,9H,5-6H2,1H3;1-2H3. The van der Waals surface area contributed by atoms with Crippen LogP contribution in [0.4, 0.5) is 8.78 Å². The van der Waals surface area contributed by atoms with Gasteiger partial charge in [-0.2, -0.15) is 0 Å². The Hall–Kier alpha value is -1.45. The Morgan fingerprint density at radius 1 is 1.35 bits per heavy atom. The summed E-state index contributed by atoms with van der Waals surface area (Å²) in [5.41, 5.74) is 2.30. The topological polar surface area (TPSA) is 20.3 Å². The van der Waals surface area contributed by atoms with Crippen LogP contribution in [0.25, 0.3) is 0 Å². The number of amides is 1. The van der Waals surface area contributed by atoms with E-state index in [2.05, 4.69) is 0 Å². The fourth-order valence-corrected chi connectivity index (χ4v) is 1.92. The van der Waals surface area contributed by atoms with Gasteiger partial charge in [0.2, 0.25) is 0 Å². The van der Waals surface area contributed by atoms with E-state index >= 15 is 0 Å². The third-order valence-corrected chi connectivity index (χ3v) is 2.58. The van der Waals surface area contributed by atoms with Crippen molar-refractivity contribution in [3.8, 4) is 0 Å². The summed E-state index contributed by atoms with van der Waals surface area (Å²) < 4.78 is 24.4. The summed E-state index contributed by atoms with van der Waals surface area (Å²) >= 11 is 0. The van der Waals surface area contributed by atoms with Crippen molar-refractivity contribution in [2.45, 2.75) is 33.7 Å². The second-order valence-corrected chi connectivity index (χ2v) is 3.69. The van der Waals surface area contributed by atoms with Gasteiger partial charge in [-0.05, 0) is 18.1 Å². The van der Waals surface area contributed by atoms with Gasteiger partial charge in [0.15, 0.2) is 0 Å². The molecule has 0 saturated heterocycles. The lowest BCUT2D eigenvalue weighted by molar-refractivity contribution is 0.0577. The van der Waals surface area contributed by atoms with Crippen LogP contribution < -0.4 is 0 Å². The van der Waals surface area contributed by atoms with Gasteiger partial charge in [-0.15, -0.1) is 0 Å². The molecule has 0 aliphatic carbocycles. The van der Waals surface area contributed by atoms with Crippen molar-refractivity contribution in [3.05, 3.63) is 34.9 Å². The van der Waals surface area contributed by atoms with Crippen molar-refractivity contribution in [2.75, 3.05) is 6.54 Å². The lowest BCUT2D eigenvalue weighted by Crippen LogP contribution is -2.29. The number of rotatable bonds is 2. The molecule has 0 unspecified atom stereocenters. The number of benzene rings is 1. The number of nitrogens with zero attached hydrogens (tertiary/aromatic N) is 1. The van der Waals surface area contributed by atoms with E-state index in [1.807, 2.05) is 39.0 Å². The first-order valence-corrected chi connectivity index (χ1v) is 5.75. The van der Waals surface area contributed by atoms with Crippen LogP contribution in [0.2, 0.25) is 0 Å². The van der Waals surface area contributed by atoms with Crippen molar-refractivity contribution in [1.82, 2.24) is 4.90 Å². The zero-order valence-electron chi connectivity index (χ0n) is 10.3. The molecule has 0 N–H and O–H groups in total. The normalized spacial score (nSPS) is 13.5. The minimum atomic E-state index is -2.47. The van der Waals surface area contributed by atoms with E-state index in [4.69, 9.17) is 0 Å². The zero-order valence-corrected chi connectivity index (χ0v) is 10.3. The maximum atomic E-state index is 12.2. The molecule has 1 aromatic carbocycles. The molecule has 0 spiro atoms. The van der Waals surface area contributed by atoms with E-state index in [1.54, 1.807) is 0 Å². The Morgan fingerprint density at radius 3 is 2.53 bits per heavy atom. The summed E-state index contributed by atoms with van der Waals surface area (Å²) in [6.45, 7) is 5.65. The van der Waals surface area contributed by atoms with Crippen LogP contribution in [0.5, 0.6) is 0 Å². The van der Waals surface area contributed by atoms with Crippen LogP contribution in [0.3, 0.4) is 0 Å². The molecule has 1 heterocycles. The molecule has 2 rings (SSSR count). The molecular weight excluding hydrogens is 224 g/mol. The number of halogens is 2. The molecule has 1 aliphatic heterocycles. The molecule has 17 heavy (non-hydrogen) atoms. The monoisotopic (exact) mass is 241 g/mol. The highest BCUT2D eigenvalue weighted by atomic mass is 19.3. The number of alkyl halides is 2. The number of hydrogen-bond donors (Lipinski definition) is 0. The van der Waals surface area contributed by atoms with Crippen LogP contribution in [-0.4, -0.2) is 23.8 Å². The quantitative estimate of drug-likeness (QED) is 0.778. The Labute approximate surface area is 100 Å². The lowest BCUT2D eigenvalue weighted by Gasteiger charge is -2.14. The maximum Gasteiger partial charge on any atom is 0.255 e. The minimum absolute atomic E-state index is 0.275. The van der Waals surface area contributed by atoms with Crippen LogP contribution in [0, 0.1) is 6.92 Å². The van der Waals surface area contributed by atoms with E-state index in [-0.39, 0.29) is 5.91 Å². The molecule has 1 aliphatic rings. The van der Waals surface area contributed by atoms with E-state index in [1.165, 1.54) is 4.90 Å². The number of carbonyl (C=O) groups excluding carboxylic acids is 1. The summed E-state index contributed by atoms with van der Waals surface area (Å²) in [4.78, 5) is 12.9. The van der Waals surface area contributed by atoms with E-state index < -0.39 is 13.0 Å². The summed E-state index contributed by atoms with van der Waals surface area (Å²) in [7, 11) is 0. The van der Waals surface area contributed by atoms with Crippen LogP contribution in [0.15, 0.2) is 18.2 Å². The predicted octanol–water partition coefficient (Wildman–Crippen LogP) is 3.24. The summed E-state index contributed by atoms with van der Waals surface area (Å²) in [6.07, 6.45) is -2.47. The highest BCUT2D eigenvalue weighted by molar-refractivity contribution is 5.99. The smallest absolute Gasteiger partial charge is 0.255 e. The summed E-state index contributed by atoms with van der Waals surface area (Å²) in [5.74, 6) is -0.275. The Kier molecular flexibility index (Phi) is 4.61. The second kappa shape index (κ2) is 5.75. The number of carbonyl (C=O) groups is 1. The van der Waals surface area contributed by atoms with Crippen molar-refractivity contribution < 1.29 is 13.6 Å². The van der Waals surface area contributed by atoms with Gasteiger partial charge in [-0.1, -0.05) is 32.0 Å². The molecule has 0 bridgehead atoms. The molecule has 2 nitrogen and oxygen atoms in total. The van der Waals surface area contributed by atoms with Crippen molar-refractivity contribution in [3.63, 3.8) is 0 Å². The first-order chi connectivity index (χ1) is 8.09. The zero-order chi connectivity index (χ0) is 13.0. The van der Waals surface area contributed by atoms with Gasteiger partial charge < -0.3 is 4.90 Å². The maximum absolute atomic E-state index is 12.2. The molecule has 94 valence electrons. The predicted molar refractivity (Wildman–Crippen MR) is 63.3 cm³/mol. The van der Waals surface area contributed by atoms with E-state index in [0.29, 0.717) is 12.1 Å². The van der Waals surface area contributed by atoms with Gasteiger partial charge in [0.05, 0.1) is 6.54 Å². The van der Waals surface area contributed by atoms with Gasteiger partial charge in [0.1, 0.15) is 0 Å². The molecule has 4 heteroatoms. The van der Waals surface area contributed by atoms with E-state index in [9.17, 15) is 13.6 Å². The fourth-order valence-electron chi connectivity index (χ4n) is 1.92. The van der Waals surface area contributed by atoms with Crippen molar-refractivity contribution in [1.29, 1.82) is 0 Å². The Morgan fingerprint density at radius 2 is 2.00 bits per heavy atom. The lowest BCUT2D eigenvalue weighted by atomic mass is 10.0. The summed E-state index contributed by atoms with van der Waals surface area (Å²) in [6, 6.07) is 5.47. The van der Waals surface area contributed by atoms with E-state index in [0.717, 1.165) is 11.1 Å². The van der Waals surface area contributed by atoms with Gasteiger partial charge in [-0.25, -0.2) is 8.78 Å². The number of aryl methyl sites for hydroxylation is 1. The van der Waals surface area contributed by atoms with Crippen LogP contribution in [0.1, 0.15) is 35.3 Å². The molecule has 1 aromatic rings. The van der Waals surface area contributed by atoms with Crippen LogP contribution in [-0.2, 0) is 6.54 Å². The molecule has 0 fully saturated rings. The highest BCUT2D eigenvalue weighted by Crippen LogP contribution is 2.25. The average molecular weight is 241 g/mol. The highest BCUT2D eigenvalue weighted by Gasteiger charge is 2.29. The summed E-state index contributed by atoms with van der Waals surface area (Å²) in [5, 5.41) is 0. The molecular formula is C13H17F2NO. The van der Waals surface area contributed by atoms with Gasteiger partial charge in [-0.3, -0.25) is 4.79 Å². The number of fused-ring (bicyclic) bond motifs is 1. The van der Waals surface area contributed by atoms with Gasteiger partial charge in [0, 0.05) is 12.1 Å². The van der Waals surface area contributed by atoms with Gasteiger partial charge >= 0.3 is 0 Å². The largest absolute Gasteiger partial charge is 0.329 e. The molecule has 0 atom stereocenters. The van der Waals surface area contributed by atoms with Crippen molar-refractivity contribution >= 4 is 5.91 Å².